The van der Waals surface area contributed by atoms with E-state index < -0.39 is 5.41 Å². The number of carbonyl (C=O) groups is 2. The lowest BCUT2D eigenvalue weighted by molar-refractivity contribution is -0.131. The quantitative estimate of drug-likeness (QED) is 0.249. The zero-order chi connectivity index (χ0) is 27.4. The summed E-state index contributed by atoms with van der Waals surface area (Å²) < 4.78 is 0. The molecule has 0 aliphatic heterocycles. The molecule has 0 radical (unpaired) electrons. The van der Waals surface area contributed by atoms with Gasteiger partial charge in [0.2, 0.25) is 5.91 Å². The lowest BCUT2D eigenvalue weighted by atomic mass is 9.93. The molecule has 4 aromatic rings. The summed E-state index contributed by atoms with van der Waals surface area (Å²) in [5.74, 6) is 0.601. The minimum Gasteiger partial charge on any atom is -0.395 e. The topological polar surface area (TPSA) is 116 Å². The summed E-state index contributed by atoms with van der Waals surface area (Å²) in [4.78, 5) is 34.9. The fraction of sp³-hybridized carbons (Fsp3) is 0.241. The van der Waals surface area contributed by atoms with Crippen LogP contribution in [0.1, 0.15) is 35.3 Å². The molecule has 4 N–H and O–H groups in total. The summed E-state index contributed by atoms with van der Waals surface area (Å²) in [6.07, 6.45) is 0. The number of hydrogen-bond donors (Lipinski definition) is 4. The van der Waals surface area contributed by atoms with E-state index in [0.717, 1.165) is 16.5 Å². The van der Waals surface area contributed by atoms with Crippen molar-refractivity contribution in [2.45, 2.75) is 27.3 Å². The smallest absolute Gasteiger partial charge is 0.257 e. The number of benzene rings is 3. The second-order valence-corrected chi connectivity index (χ2v) is 10.1. The molecule has 0 fully saturated rings. The number of nitrogens with one attached hydrogen (secondary N) is 3. The van der Waals surface area contributed by atoms with E-state index in [1.54, 1.807) is 51.2 Å². The van der Waals surface area contributed by atoms with E-state index in [1.807, 2.05) is 37.3 Å². The summed E-state index contributed by atoms with van der Waals surface area (Å²) in [5.41, 5.74) is 3.29. The van der Waals surface area contributed by atoms with Gasteiger partial charge >= 0.3 is 0 Å². The van der Waals surface area contributed by atoms with E-state index >= 15 is 0 Å². The van der Waals surface area contributed by atoms with Crippen LogP contribution >= 0.6 is 11.6 Å². The number of aliphatic hydroxyl groups excluding tert-OH is 1. The molecule has 2 amide bonds. The number of anilines is 2. The number of hydrogen-bond acceptors (Lipinski definition) is 6. The van der Waals surface area contributed by atoms with Gasteiger partial charge in [-0.1, -0.05) is 41.9 Å². The van der Waals surface area contributed by atoms with Gasteiger partial charge in [-0.2, -0.15) is 0 Å². The molecule has 0 unspecified atom stereocenters. The van der Waals surface area contributed by atoms with Crippen molar-refractivity contribution in [3.8, 4) is 11.4 Å². The van der Waals surface area contributed by atoms with Crippen LogP contribution in [0.5, 0.6) is 0 Å². The molecule has 0 saturated carbocycles. The molecule has 1 heterocycles. The SMILES string of the molecule is CNc1nc(-c2ccccc2C)nc2cc(NC(=O)c3cc(CNC(=O)C(C)(C)CO)ccc3Cl)ccc12. The summed E-state index contributed by atoms with van der Waals surface area (Å²) in [6, 6.07) is 18.3. The molecule has 0 atom stereocenters. The van der Waals surface area contributed by atoms with Crippen LogP contribution in [0.25, 0.3) is 22.3 Å². The van der Waals surface area contributed by atoms with Crippen molar-refractivity contribution in [2.75, 3.05) is 24.3 Å². The van der Waals surface area contributed by atoms with E-state index in [4.69, 9.17) is 16.6 Å². The molecule has 0 saturated heterocycles. The number of carbonyl (C=O) groups excluding carboxylic acids is 2. The van der Waals surface area contributed by atoms with Crippen molar-refractivity contribution < 1.29 is 14.7 Å². The molecule has 9 heteroatoms. The minimum atomic E-state index is -0.904. The molecule has 1 aromatic heterocycles. The third-order valence-electron chi connectivity index (χ3n) is 6.32. The van der Waals surface area contributed by atoms with Crippen molar-refractivity contribution in [2.24, 2.45) is 5.41 Å². The highest BCUT2D eigenvalue weighted by Crippen LogP contribution is 2.29. The highest BCUT2D eigenvalue weighted by molar-refractivity contribution is 6.34. The Kier molecular flexibility index (Phi) is 7.94. The zero-order valence-corrected chi connectivity index (χ0v) is 22.5. The van der Waals surface area contributed by atoms with Gasteiger partial charge in [0.05, 0.1) is 28.1 Å². The second-order valence-electron chi connectivity index (χ2n) is 9.69. The predicted molar refractivity (Wildman–Crippen MR) is 151 cm³/mol. The van der Waals surface area contributed by atoms with Gasteiger partial charge in [0, 0.05) is 30.2 Å². The van der Waals surface area contributed by atoms with Gasteiger partial charge in [-0.05, 0) is 62.2 Å². The Bertz CT molecular complexity index is 1520. The molecule has 8 nitrogen and oxygen atoms in total. The Hall–Kier alpha value is -4.01. The van der Waals surface area contributed by atoms with E-state index in [-0.39, 0.29) is 35.6 Å². The third kappa shape index (κ3) is 5.77. The molecule has 38 heavy (non-hydrogen) atoms. The molecule has 196 valence electrons. The summed E-state index contributed by atoms with van der Waals surface area (Å²) in [5, 5.41) is 19.3. The first-order valence-electron chi connectivity index (χ1n) is 12.2. The molecular formula is C29H30ClN5O3. The standard InChI is InChI=1S/C29H30ClN5O3/c1-17-7-5-6-8-20(17)26-34-24-14-19(10-11-21(24)25(31-4)35-26)33-27(37)22-13-18(9-12-23(22)30)15-32-28(38)29(2,3)16-36/h5-14,36H,15-16H2,1-4H3,(H,32,38)(H,33,37)(H,31,34,35). The normalized spacial score (nSPS) is 11.3. The predicted octanol–water partition coefficient (Wildman–Crippen LogP) is 5.19. The van der Waals surface area contributed by atoms with E-state index in [9.17, 15) is 14.7 Å². The van der Waals surface area contributed by atoms with Gasteiger partial charge < -0.3 is 21.1 Å². The average Bonchev–Trinajstić information content (AvgIpc) is 2.91. The molecule has 0 aliphatic carbocycles. The summed E-state index contributed by atoms with van der Waals surface area (Å²) >= 11 is 6.34. The van der Waals surface area contributed by atoms with E-state index in [0.29, 0.717) is 28.4 Å². The Balaban J connectivity index is 1.59. The Labute approximate surface area is 226 Å². The van der Waals surface area contributed by atoms with Crippen LogP contribution < -0.4 is 16.0 Å². The number of amides is 2. The second kappa shape index (κ2) is 11.2. The monoisotopic (exact) mass is 531 g/mol. The summed E-state index contributed by atoms with van der Waals surface area (Å²) in [7, 11) is 1.81. The number of aromatic nitrogens is 2. The van der Waals surface area contributed by atoms with Crippen LogP contribution in [-0.2, 0) is 11.3 Å². The first-order chi connectivity index (χ1) is 18.1. The van der Waals surface area contributed by atoms with Crippen LogP contribution in [0.4, 0.5) is 11.5 Å². The number of fused-ring (bicyclic) bond motifs is 1. The van der Waals surface area contributed by atoms with Gasteiger partial charge in [0.25, 0.3) is 5.91 Å². The Morgan fingerprint density at radius 1 is 1.03 bits per heavy atom. The van der Waals surface area contributed by atoms with Gasteiger partial charge in [-0.15, -0.1) is 0 Å². The lowest BCUT2D eigenvalue weighted by Gasteiger charge is -2.20. The maximum atomic E-state index is 13.2. The van der Waals surface area contributed by atoms with Crippen molar-refractivity contribution in [3.63, 3.8) is 0 Å². The number of halogens is 1. The fourth-order valence-electron chi connectivity index (χ4n) is 3.89. The number of rotatable bonds is 8. The van der Waals surface area contributed by atoms with Crippen LogP contribution in [-0.4, -0.2) is 40.5 Å². The van der Waals surface area contributed by atoms with Crippen LogP contribution in [0.2, 0.25) is 5.02 Å². The number of aliphatic hydroxyl groups is 1. The maximum absolute atomic E-state index is 13.2. The van der Waals surface area contributed by atoms with Crippen LogP contribution in [0.3, 0.4) is 0 Å². The third-order valence-corrected chi connectivity index (χ3v) is 6.65. The summed E-state index contributed by atoms with van der Waals surface area (Å²) in [6.45, 7) is 5.24. The molecule has 3 aromatic carbocycles. The highest BCUT2D eigenvalue weighted by Gasteiger charge is 2.26. The van der Waals surface area contributed by atoms with Crippen LogP contribution in [0, 0.1) is 12.3 Å². The maximum Gasteiger partial charge on any atom is 0.257 e. The van der Waals surface area contributed by atoms with Crippen molar-refractivity contribution >= 4 is 45.8 Å². The minimum absolute atomic E-state index is 0.196. The molecule has 0 spiro atoms. The zero-order valence-electron chi connectivity index (χ0n) is 21.7. The first-order valence-corrected chi connectivity index (χ1v) is 12.5. The number of aryl methyl sites for hydroxylation is 1. The van der Waals surface area contributed by atoms with Gasteiger partial charge in [-0.25, -0.2) is 9.97 Å². The Morgan fingerprint density at radius 2 is 1.79 bits per heavy atom. The highest BCUT2D eigenvalue weighted by atomic mass is 35.5. The lowest BCUT2D eigenvalue weighted by Crippen LogP contribution is -2.38. The van der Waals surface area contributed by atoms with Crippen molar-refractivity contribution in [1.29, 1.82) is 0 Å². The Morgan fingerprint density at radius 3 is 2.50 bits per heavy atom. The van der Waals surface area contributed by atoms with Crippen molar-refractivity contribution in [3.05, 3.63) is 82.4 Å². The average molecular weight is 532 g/mol. The van der Waals surface area contributed by atoms with Gasteiger partial charge in [0.15, 0.2) is 5.82 Å². The van der Waals surface area contributed by atoms with E-state index in [1.165, 1.54) is 0 Å². The molecule has 0 bridgehead atoms. The first kappa shape index (κ1) is 27.0. The molecule has 0 aliphatic rings. The number of nitrogens with zero attached hydrogens (tertiary/aromatic N) is 2. The molecular weight excluding hydrogens is 502 g/mol. The molecule has 4 rings (SSSR count). The largest absolute Gasteiger partial charge is 0.395 e. The van der Waals surface area contributed by atoms with Crippen molar-refractivity contribution in [1.82, 2.24) is 15.3 Å². The van der Waals surface area contributed by atoms with Crippen LogP contribution in [0.15, 0.2) is 60.7 Å². The van der Waals surface area contributed by atoms with Gasteiger partial charge in [0.1, 0.15) is 5.82 Å². The van der Waals surface area contributed by atoms with E-state index in [2.05, 4.69) is 20.9 Å². The van der Waals surface area contributed by atoms with Gasteiger partial charge in [-0.3, -0.25) is 9.59 Å². The fourth-order valence-corrected chi connectivity index (χ4v) is 4.09.